The average molecular weight is 387 g/mol. The molecule has 3 rings (SSSR count). The highest BCUT2D eigenvalue weighted by atomic mass is 16.3. The van der Waals surface area contributed by atoms with Gasteiger partial charge in [0.1, 0.15) is 0 Å². The lowest BCUT2D eigenvalue weighted by atomic mass is 9.90. The molecule has 0 aliphatic rings. The number of hydrogen-bond acceptors (Lipinski definition) is 1. The molecule has 0 unspecified atom stereocenters. The molecule has 0 fully saturated rings. The number of aliphatic hydroxyl groups excluding tert-OH is 1. The van der Waals surface area contributed by atoms with E-state index in [1.54, 1.807) is 0 Å². The smallest absolute Gasteiger partial charge is 0.0681 e. The van der Waals surface area contributed by atoms with E-state index in [1.807, 2.05) is 6.07 Å². The van der Waals surface area contributed by atoms with Crippen LogP contribution in [0.25, 0.3) is 22.3 Å². The predicted molar refractivity (Wildman–Crippen MR) is 125 cm³/mol. The third-order valence-corrected chi connectivity index (χ3v) is 5.86. The molecule has 0 radical (unpaired) electrons. The lowest BCUT2D eigenvalue weighted by Crippen LogP contribution is -1.94. The average Bonchev–Trinajstić information content (AvgIpc) is 2.79. The predicted octanol–water partition coefficient (Wildman–Crippen LogP) is 7.37. The van der Waals surface area contributed by atoms with Gasteiger partial charge in [-0.15, -0.1) is 0 Å². The lowest BCUT2D eigenvalue weighted by molar-refractivity contribution is 0.282. The first kappa shape index (κ1) is 21.3. The van der Waals surface area contributed by atoms with E-state index in [2.05, 4.69) is 75.4 Å². The van der Waals surface area contributed by atoms with Gasteiger partial charge in [0, 0.05) is 0 Å². The highest BCUT2D eigenvalue weighted by molar-refractivity contribution is 5.75. The maximum atomic E-state index is 9.44. The van der Waals surface area contributed by atoms with Crippen molar-refractivity contribution in [3.63, 3.8) is 0 Å². The molecule has 0 heterocycles. The molecule has 0 amide bonds. The maximum absolute atomic E-state index is 9.44. The molecule has 1 N–H and O–H groups in total. The van der Waals surface area contributed by atoms with Crippen molar-refractivity contribution < 1.29 is 5.11 Å². The second-order valence-electron chi connectivity index (χ2n) is 7.88. The van der Waals surface area contributed by atoms with Crippen molar-refractivity contribution in [2.75, 3.05) is 0 Å². The molecule has 0 saturated carbocycles. The Morgan fingerprint density at radius 1 is 0.621 bits per heavy atom. The van der Waals surface area contributed by atoms with Crippen molar-refractivity contribution in [3.8, 4) is 22.3 Å². The van der Waals surface area contributed by atoms with E-state index in [0.717, 1.165) is 18.4 Å². The maximum Gasteiger partial charge on any atom is 0.0681 e. The van der Waals surface area contributed by atoms with Crippen molar-refractivity contribution >= 4 is 0 Å². The Morgan fingerprint density at radius 2 is 1.21 bits per heavy atom. The van der Waals surface area contributed by atoms with Crippen molar-refractivity contribution in [3.05, 3.63) is 82.9 Å². The van der Waals surface area contributed by atoms with Gasteiger partial charge in [-0.3, -0.25) is 0 Å². The van der Waals surface area contributed by atoms with E-state index in [1.165, 1.54) is 64.6 Å². The van der Waals surface area contributed by atoms with Gasteiger partial charge in [-0.1, -0.05) is 94.3 Å². The molecule has 3 aromatic carbocycles. The third-order valence-electron chi connectivity index (χ3n) is 5.86. The zero-order chi connectivity index (χ0) is 20.6. The highest BCUT2D eigenvalue weighted by Crippen LogP contribution is 2.32. The summed E-state index contributed by atoms with van der Waals surface area (Å²) < 4.78 is 0. The van der Waals surface area contributed by atoms with Gasteiger partial charge in [0.25, 0.3) is 0 Å². The van der Waals surface area contributed by atoms with Gasteiger partial charge >= 0.3 is 0 Å². The van der Waals surface area contributed by atoms with Gasteiger partial charge in [-0.2, -0.15) is 0 Å². The third kappa shape index (κ3) is 5.16. The fraction of sp³-hybridized carbons (Fsp3) is 0.357. The Hall–Kier alpha value is -2.38. The molecular weight excluding hydrogens is 352 g/mol. The van der Waals surface area contributed by atoms with E-state index < -0.39 is 0 Å². The Balaban J connectivity index is 1.90. The minimum absolute atomic E-state index is 0.0981. The number of rotatable bonds is 9. The summed E-state index contributed by atoms with van der Waals surface area (Å²) in [4.78, 5) is 0. The van der Waals surface area contributed by atoms with Crippen LogP contribution in [-0.4, -0.2) is 5.11 Å². The second-order valence-corrected chi connectivity index (χ2v) is 7.88. The van der Waals surface area contributed by atoms with E-state index in [9.17, 15) is 5.11 Å². The zero-order valence-corrected chi connectivity index (χ0v) is 18.2. The summed E-state index contributed by atoms with van der Waals surface area (Å²) in [5.74, 6) is 0. The first-order chi connectivity index (χ1) is 14.2. The van der Waals surface area contributed by atoms with Crippen LogP contribution >= 0.6 is 0 Å². The molecule has 0 atom stereocenters. The summed E-state index contributed by atoms with van der Waals surface area (Å²) >= 11 is 0. The van der Waals surface area contributed by atoms with Gasteiger partial charge in [0.15, 0.2) is 0 Å². The van der Waals surface area contributed by atoms with Crippen LogP contribution in [0.15, 0.2) is 60.7 Å². The summed E-state index contributed by atoms with van der Waals surface area (Å²) in [6.07, 6.45) is 7.01. The number of unbranched alkanes of at least 4 members (excludes halogenated alkanes) is 2. The fourth-order valence-corrected chi connectivity index (χ4v) is 4.09. The van der Waals surface area contributed by atoms with Crippen molar-refractivity contribution in [1.82, 2.24) is 0 Å². The quantitative estimate of drug-likeness (QED) is 0.381. The Bertz CT molecular complexity index is 922. The van der Waals surface area contributed by atoms with Gasteiger partial charge < -0.3 is 5.11 Å². The molecule has 152 valence electrons. The van der Waals surface area contributed by atoms with Crippen LogP contribution in [0, 0.1) is 0 Å². The summed E-state index contributed by atoms with van der Waals surface area (Å²) in [5.41, 5.74) is 10.3. The van der Waals surface area contributed by atoms with Gasteiger partial charge in [0.05, 0.1) is 6.61 Å². The van der Waals surface area contributed by atoms with Crippen molar-refractivity contribution in [1.29, 1.82) is 0 Å². The minimum atomic E-state index is 0.0981. The first-order valence-electron chi connectivity index (χ1n) is 11.1. The van der Waals surface area contributed by atoms with Crippen LogP contribution in [0.5, 0.6) is 0 Å². The highest BCUT2D eigenvalue weighted by Gasteiger charge is 2.10. The molecule has 29 heavy (non-hydrogen) atoms. The SMILES string of the molecule is CCCCCc1ccc(-c2ccc(-c3ccc(CO)cc3CC)cc2CC)cc1. The van der Waals surface area contributed by atoms with E-state index in [0.29, 0.717) is 0 Å². The second kappa shape index (κ2) is 10.4. The number of benzene rings is 3. The largest absolute Gasteiger partial charge is 0.392 e. The normalized spacial score (nSPS) is 11.0. The molecule has 0 bridgehead atoms. The molecule has 0 aromatic heterocycles. The van der Waals surface area contributed by atoms with Crippen LogP contribution < -0.4 is 0 Å². The molecule has 1 nitrogen and oxygen atoms in total. The Labute approximate surface area is 176 Å². The first-order valence-corrected chi connectivity index (χ1v) is 11.1. The van der Waals surface area contributed by atoms with Crippen LogP contribution in [0.4, 0.5) is 0 Å². The van der Waals surface area contributed by atoms with E-state index in [-0.39, 0.29) is 6.61 Å². The molecule has 0 spiro atoms. The monoisotopic (exact) mass is 386 g/mol. The summed E-state index contributed by atoms with van der Waals surface area (Å²) in [7, 11) is 0. The zero-order valence-electron chi connectivity index (χ0n) is 18.2. The molecule has 0 aliphatic heterocycles. The van der Waals surface area contributed by atoms with Gasteiger partial charge in [-0.05, 0) is 70.2 Å². The van der Waals surface area contributed by atoms with Crippen LogP contribution in [-0.2, 0) is 25.9 Å². The summed E-state index contributed by atoms with van der Waals surface area (Å²) in [6, 6.07) is 22.3. The molecule has 3 aromatic rings. The van der Waals surface area contributed by atoms with Crippen LogP contribution in [0.2, 0.25) is 0 Å². The standard InChI is InChI=1S/C28H34O/c1-4-7-8-9-21-10-13-25(14-11-21)27-17-15-26(19-24(27)6-3)28-16-12-22(20-29)18-23(28)5-2/h10-19,29H,4-9,20H2,1-3H3. The van der Waals surface area contributed by atoms with Gasteiger partial charge in [-0.25, -0.2) is 0 Å². The number of aryl methyl sites for hydroxylation is 3. The van der Waals surface area contributed by atoms with Crippen LogP contribution in [0.1, 0.15) is 62.3 Å². The number of hydrogen-bond donors (Lipinski definition) is 1. The van der Waals surface area contributed by atoms with E-state index in [4.69, 9.17) is 0 Å². The molecule has 1 heteroatoms. The Kier molecular flexibility index (Phi) is 7.66. The van der Waals surface area contributed by atoms with Crippen molar-refractivity contribution in [2.24, 2.45) is 0 Å². The summed E-state index contributed by atoms with van der Waals surface area (Å²) in [6.45, 7) is 6.76. The minimum Gasteiger partial charge on any atom is -0.392 e. The Morgan fingerprint density at radius 3 is 1.86 bits per heavy atom. The molecular formula is C28H34O. The molecule has 0 saturated heterocycles. The van der Waals surface area contributed by atoms with Gasteiger partial charge in [0.2, 0.25) is 0 Å². The van der Waals surface area contributed by atoms with Crippen LogP contribution in [0.3, 0.4) is 0 Å². The van der Waals surface area contributed by atoms with E-state index >= 15 is 0 Å². The number of aliphatic hydroxyl groups is 1. The molecule has 0 aliphatic carbocycles. The van der Waals surface area contributed by atoms with Crippen molar-refractivity contribution in [2.45, 2.75) is 65.9 Å². The lowest BCUT2D eigenvalue weighted by Gasteiger charge is -2.14. The topological polar surface area (TPSA) is 20.2 Å². The fourth-order valence-electron chi connectivity index (χ4n) is 4.09. The summed E-state index contributed by atoms with van der Waals surface area (Å²) in [5, 5.41) is 9.44.